The van der Waals surface area contributed by atoms with Gasteiger partial charge >= 0.3 is 6.18 Å². The van der Waals surface area contributed by atoms with Crippen LogP contribution in [0.25, 0.3) is 0 Å². The molecule has 0 radical (unpaired) electrons. The molecule has 1 unspecified atom stereocenters. The minimum Gasteiger partial charge on any atom is -0.390 e. The number of anilines is 1. The predicted octanol–water partition coefficient (Wildman–Crippen LogP) is 4.62. The summed E-state index contributed by atoms with van der Waals surface area (Å²) >= 11 is 5.62. The largest absolute Gasteiger partial charge is 0.417 e. The molecule has 0 fully saturated rings. The van der Waals surface area contributed by atoms with Crippen LogP contribution in [0.1, 0.15) is 38.4 Å². The molecular formula is C21H17ClF3N3O3S. The number of hydrogen-bond donors (Lipinski definition) is 2. The van der Waals surface area contributed by atoms with Crippen molar-refractivity contribution in [3.63, 3.8) is 0 Å². The molecule has 2 N–H and O–H groups in total. The quantitative estimate of drug-likeness (QED) is 0.499. The number of nitrogens with one attached hydrogen (secondary N) is 1. The third-order valence-corrected chi connectivity index (χ3v) is 5.93. The number of alkyl halides is 3. The summed E-state index contributed by atoms with van der Waals surface area (Å²) in [5.41, 5.74) is 0.297. The summed E-state index contributed by atoms with van der Waals surface area (Å²) in [6, 6.07) is 5.99. The van der Waals surface area contributed by atoms with E-state index in [1.807, 2.05) is 0 Å². The van der Waals surface area contributed by atoms with Crippen LogP contribution in [-0.4, -0.2) is 25.1 Å². The number of benzene rings is 1. The number of nitrogens with zero attached hydrogens (tertiary/aromatic N) is 2. The monoisotopic (exact) mass is 483 g/mol. The van der Waals surface area contributed by atoms with Gasteiger partial charge in [-0.3, -0.25) is 19.5 Å². The van der Waals surface area contributed by atoms with Gasteiger partial charge in [0.05, 0.1) is 39.0 Å². The molecule has 32 heavy (non-hydrogen) atoms. The zero-order chi connectivity index (χ0) is 23.6. The van der Waals surface area contributed by atoms with Crippen LogP contribution in [0.4, 0.5) is 18.9 Å². The van der Waals surface area contributed by atoms with E-state index >= 15 is 0 Å². The van der Waals surface area contributed by atoms with Crippen LogP contribution in [0.15, 0.2) is 47.6 Å². The molecule has 0 saturated heterocycles. The van der Waals surface area contributed by atoms with Crippen molar-refractivity contribution in [2.75, 3.05) is 4.72 Å². The molecular weight excluding hydrogens is 467 g/mol. The van der Waals surface area contributed by atoms with Gasteiger partial charge in [-0.2, -0.15) is 13.2 Å². The van der Waals surface area contributed by atoms with Gasteiger partial charge in [0.2, 0.25) is 5.78 Å². The Morgan fingerprint density at radius 3 is 2.56 bits per heavy atom. The molecule has 0 aliphatic carbocycles. The molecule has 6 nitrogen and oxygen atoms in total. The van der Waals surface area contributed by atoms with Gasteiger partial charge in [0.1, 0.15) is 16.7 Å². The first kappa shape index (κ1) is 23.8. The van der Waals surface area contributed by atoms with E-state index in [1.54, 1.807) is 19.9 Å². The number of hydrogen-bond acceptors (Lipinski definition) is 5. The van der Waals surface area contributed by atoms with Gasteiger partial charge in [-0.1, -0.05) is 11.6 Å². The fourth-order valence-electron chi connectivity index (χ4n) is 2.99. The summed E-state index contributed by atoms with van der Waals surface area (Å²) < 4.78 is 54.8. The lowest BCUT2D eigenvalue weighted by atomic mass is 10.00. The molecule has 2 heterocycles. The van der Waals surface area contributed by atoms with E-state index in [4.69, 9.17) is 11.6 Å². The van der Waals surface area contributed by atoms with Crippen molar-refractivity contribution in [3.05, 3.63) is 81.4 Å². The van der Waals surface area contributed by atoms with Crippen LogP contribution in [0.2, 0.25) is 5.02 Å². The second kappa shape index (κ2) is 9.35. The van der Waals surface area contributed by atoms with Crippen molar-refractivity contribution >= 4 is 34.1 Å². The van der Waals surface area contributed by atoms with E-state index < -0.39 is 40.1 Å². The molecule has 0 saturated carbocycles. The van der Waals surface area contributed by atoms with Crippen molar-refractivity contribution in [3.8, 4) is 0 Å². The lowest BCUT2D eigenvalue weighted by Crippen LogP contribution is -2.16. The summed E-state index contributed by atoms with van der Waals surface area (Å²) in [6.45, 7) is 2.88. The standard InChI is InChI=1S/C21H17ClF3N3O3S/c1-11-7-16(28-32(31)13-3-4-15(22)14(8-13)21(23,24)25)19(27-9-11)20(30)18-12(2)5-6-26-17(18)10-29/h3-9,28-29H,10H2,1-2H3. The minimum atomic E-state index is -4.72. The van der Waals surface area contributed by atoms with Crippen LogP contribution < -0.4 is 4.72 Å². The molecule has 2 aromatic heterocycles. The summed E-state index contributed by atoms with van der Waals surface area (Å²) in [5, 5.41) is 9.04. The molecule has 1 atom stereocenters. The van der Waals surface area contributed by atoms with Gasteiger partial charge in [-0.05, 0) is 55.3 Å². The molecule has 11 heteroatoms. The van der Waals surface area contributed by atoms with E-state index in [0.29, 0.717) is 17.2 Å². The van der Waals surface area contributed by atoms with Crippen molar-refractivity contribution in [1.82, 2.24) is 9.97 Å². The van der Waals surface area contributed by atoms with Crippen LogP contribution in [0.3, 0.4) is 0 Å². The molecule has 0 aliphatic rings. The first-order valence-electron chi connectivity index (χ1n) is 9.14. The Hall–Kier alpha value is -2.82. The summed E-state index contributed by atoms with van der Waals surface area (Å²) in [4.78, 5) is 21.2. The van der Waals surface area contributed by atoms with Gasteiger partial charge in [0.25, 0.3) is 0 Å². The van der Waals surface area contributed by atoms with Crippen molar-refractivity contribution in [1.29, 1.82) is 0 Å². The number of ketones is 1. The van der Waals surface area contributed by atoms with Gasteiger partial charge in [-0.25, -0.2) is 4.21 Å². The Kier molecular flexibility index (Phi) is 6.97. The number of halogens is 4. The number of rotatable bonds is 6. The van der Waals surface area contributed by atoms with Crippen LogP contribution in [-0.2, 0) is 23.8 Å². The number of carbonyl (C=O) groups is 1. The predicted molar refractivity (Wildman–Crippen MR) is 114 cm³/mol. The number of aromatic nitrogens is 2. The average molecular weight is 484 g/mol. The van der Waals surface area contributed by atoms with E-state index in [1.165, 1.54) is 24.5 Å². The minimum absolute atomic E-state index is 0.0592. The smallest absolute Gasteiger partial charge is 0.390 e. The zero-order valence-electron chi connectivity index (χ0n) is 16.8. The maximum absolute atomic E-state index is 13.2. The number of aliphatic hydroxyl groups is 1. The molecule has 3 rings (SSSR count). The molecule has 0 aliphatic heterocycles. The number of aryl methyl sites for hydroxylation is 2. The maximum Gasteiger partial charge on any atom is 0.417 e. The Morgan fingerprint density at radius 1 is 1.19 bits per heavy atom. The SMILES string of the molecule is Cc1cnc(C(=O)c2c(C)ccnc2CO)c(NS(=O)c2ccc(Cl)c(C(F)(F)F)c2)c1. The maximum atomic E-state index is 13.2. The molecule has 0 spiro atoms. The van der Waals surface area contributed by atoms with Gasteiger partial charge in [0, 0.05) is 12.4 Å². The first-order chi connectivity index (χ1) is 15.0. The number of carbonyl (C=O) groups excluding carboxylic acids is 1. The van der Waals surface area contributed by atoms with Crippen LogP contribution >= 0.6 is 11.6 Å². The second-order valence-electron chi connectivity index (χ2n) is 6.86. The third kappa shape index (κ3) is 4.98. The number of pyridine rings is 2. The highest BCUT2D eigenvalue weighted by Gasteiger charge is 2.34. The Bertz CT molecular complexity index is 1220. The second-order valence-corrected chi connectivity index (χ2v) is 8.48. The summed E-state index contributed by atoms with van der Waals surface area (Å²) in [7, 11) is -2.16. The van der Waals surface area contributed by atoms with Crippen molar-refractivity contribution in [2.45, 2.75) is 31.5 Å². The fraction of sp³-hybridized carbons (Fsp3) is 0.190. The lowest BCUT2D eigenvalue weighted by Gasteiger charge is -2.15. The van der Waals surface area contributed by atoms with Gasteiger partial charge in [-0.15, -0.1) is 0 Å². The Labute approximate surface area is 189 Å². The van der Waals surface area contributed by atoms with E-state index in [2.05, 4.69) is 14.7 Å². The Balaban J connectivity index is 2.02. The van der Waals surface area contributed by atoms with Crippen LogP contribution in [0, 0.1) is 13.8 Å². The van der Waals surface area contributed by atoms with E-state index in [9.17, 15) is 27.3 Å². The van der Waals surface area contributed by atoms with Crippen molar-refractivity contribution in [2.24, 2.45) is 0 Å². The lowest BCUT2D eigenvalue weighted by molar-refractivity contribution is -0.137. The highest BCUT2D eigenvalue weighted by Crippen LogP contribution is 2.36. The zero-order valence-corrected chi connectivity index (χ0v) is 18.4. The normalized spacial score (nSPS) is 12.5. The van der Waals surface area contributed by atoms with Gasteiger partial charge < -0.3 is 5.11 Å². The van der Waals surface area contributed by atoms with Crippen LogP contribution in [0.5, 0.6) is 0 Å². The molecule has 1 aromatic carbocycles. The van der Waals surface area contributed by atoms with E-state index in [-0.39, 0.29) is 27.5 Å². The van der Waals surface area contributed by atoms with Gasteiger partial charge in [0.15, 0.2) is 0 Å². The molecule has 3 aromatic rings. The number of aliphatic hydroxyl groups excluding tert-OH is 1. The third-order valence-electron chi connectivity index (χ3n) is 4.51. The average Bonchev–Trinajstić information content (AvgIpc) is 2.72. The fourth-order valence-corrected chi connectivity index (χ4v) is 4.10. The Morgan fingerprint density at radius 2 is 1.91 bits per heavy atom. The van der Waals surface area contributed by atoms with Crippen molar-refractivity contribution < 1.29 is 27.3 Å². The molecule has 168 valence electrons. The highest BCUT2D eigenvalue weighted by atomic mass is 35.5. The molecule has 0 amide bonds. The summed E-state index contributed by atoms with van der Waals surface area (Å²) in [6.07, 6.45) is -1.84. The highest BCUT2D eigenvalue weighted by molar-refractivity contribution is 7.86. The topological polar surface area (TPSA) is 92.2 Å². The van der Waals surface area contributed by atoms with E-state index in [0.717, 1.165) is 6.07 Å². The first-order valence-corrected chi connectivity index (χ1v) is 10.7. The molecule has 0 bridgehead atoms. The summed E-state index contributed by atoms with van der Waals surface area (Å²) in [5.74, 6) is -0.578.